The molecule has 2 fully saturated rings. The van der Waals surface area contributed by atoms with E-state index in [4.69, 9.17) is 7.16 Å². The molecule has 3 nitrogen and oxygen atoms in total. The Morgan fingerprint density at radius 3 is 2.93 bits per heavy atom. The molecule has 140 valence electrons. The molecule has 6 rings (SSSR count). The zero-order chi connectivity index (χ0) is 20.5. The number of para-hydroxylation sites is 1. The van der Waals surface area contributed by atoms with Crippen LogP contribution in [0.2, 0.25) is 0 Å². The van der Waals surface area contributed by atoms with E-state index in [1.54, 1.807) is 6.20 Å². The van der Waals surface area contributed by atoms with Crippen molar-refractivity contribution in [2.24, 2.45) is 17.8 Å². The first-order chi connectivity index (χ1) is 14.5. The third kappa shape index (κ3) is 2.56. The average molecular weight is 370 g/mol. The summed E-state index contributed by atoms with van der Waals surface area (Å²) in [6.07, 6.45) is 5.07. The first-order valence-corrected chi connectivity index (χ1v) is 10.3. The van der Waals surface area contributed by atoms with E-state index in [2.05, 4.69) is 9.97 Å². The second-order valence-corrected chi connectivity index (χ2v) is 8.45. The third-order valence-electron chi connectivity index (χ3n) is 6.63. The van der Waals surface area contributed by atoms with Crippen molar-refractivity contribution in [3.05, 3.63) is 59.9 Å². The molecule has 0 spiro atoms. The van der Waals surface area contributed by atoms with Gasteiger partial charge in [0.1, 0.15) is 5.58 Å². The van der Waals surface area contributed by atoms with Gasteiger partial charge in [0.15, 0.2) is 0 Å². The van der Waals surface area contributed by atoms with Crippen LogP contribution < -0.4 is 0 Å². The van der Waals surface area contributed by atoms with Gasteiger partial charge in [0.2, 0.25) is 5.71 Å². The molecule has 3 atom stereocenters. The van der Waals surface area contributed by atoms with Crippen LogP contribution in [0.25, 0.3) is 33.3 Å². The van der Waals surface area contributed by atoms with E-state index in [1.165, 1.54) is 19.3 Å². The Morgan fingerprint density at radius 2 is 2.07 bits per heavy atom. The van der Waals surface area contributed by atoms with Crippen LogP contribution in [0.5, 0.6) is 0 Å². The minimum atomic E-state index is -1.34. The van der Waals surface area contributed by atoms with Crippen molar-refractivity contribution >= 4 is 22.1 Å². The lowest BCUT2D eigenvalue weighted by atomic mass is 9.84. The van der Waals surface area contributed by atoms with Crippen LogP contribution in [0, 0.1) is 24.7 Å². The largest absolute Gasteiger partial charge is 0.437 e. The SMILES string of the molecule is [2H]C([2H])(c1ccnc(-c2cccc3c2oc2nc(C)ccc23)c1)C1CC2CCC1C2. The van der Waals surface area contributed by atoms with E-state index in [0.29, 0.717) is 11.6 Å². The van der Waals surface area contributed by atoms with Gasteiger partial charge >= 0.3 is 0 Å². The molecule has 2 aliphatic carbocycles. The maximum Gasteiger partial charge on any atom is 0.227 e. The minimum Gasteiger partial charge on any atom is -0.437 e. The van der Waals surface area contributed by atoms with Gasteiger partial charge < -0.3 is 4.42 Å². The molecule has 28 heavy (non-hydrogen) atoms. The average Bonchev–Trinajstić information content (AvgIpc) is 3.47. The number of pyridine rings is 2. The van der Waals surface area contributed by atoms with Crippen molar-refractivity contribution in [2.45, 2.75) is 39.0 Å². The summed E-state index contributed by atoms with van der Waals surface area (Å²) in [5, 5.41) is 2.00. The monoisotopic (exact) mass is 370 g/mol. The molecule has 3 heterocycles. The fraction of sp³-hybridized carbons (Fsp3) is 0.360. The number of benzene rings is 1. The van der Waals surface area contributed by atoms with Gasteiger partial charge in [0.25, 0.3) is 0 Å². The maximum absolute atomic E-state index is 8.96. The number of rotatable bonds is 3. The second kappa shape index (κ2) is 6.16. The van der Waals surface area contributed by atoms with E-state index >= 15 is 0 Å². The lowest BCUT2D eigenvalue weighted by Gasteiger charge is -2.21. The van der Waals surface area contributed by atoms with Crippen LogP contribution in [0.1, 0.15) is 39.7 Å². The normalized spacial score (nSPS) is 25.4. The highest BCUT2D eigenvalue weighted by atomic mass is 16.3. The minimum absolute atomic E-state index is 0.112. The molecule has 2 saturated carbocycles. The van der Waals surface area contributed by atoms with Gasteiger partial charge in [-0.1, -0.05) is 18.6 Å². The molecule has 4 aromatic rings. The van der Waals surface area contributed by atoms with Crippen LogP contribution in [0.15, 0.2) is 53.1 Å². The van der Waals surface area contributed by atoms with Crippen LogP contribution >= 0.6 is 0 Å². The fourth-order valence-electron chi connectivity index (χ4n) is 5.28. The molecule has 3 heteroatoms. The number of furan rings is 1. The van der Waals surface area contributed by atoms with Crippen molar-refractivity contribution in [3.8, 4) is 11.3 Å². The van der Waals surface area contributed by atoms with Crippen molar-refractivity contribution in [1.82, 2.24) is 9.97 Å². The standard InChI is InChI=1S/C25H24N2O/c1-15-5-8-21-20-3-2-4-22(24(20)28-25(21)27-15)23-14-17(9-10-26-23)13-19-12-16-6-7-18(19)11-16/h2-5,8-10,14,16,18-19H,6-7,11-13H2,1H3/i13D2. The van der Waals surface area contributed by atoms with E-state index < -0.39 is 6.37 Å². The summed E-state index contributed by atoms with van der Waals surface area (Å²) in [6.45, 7) is 1.95. The van der Waals surface area contributed by atoms with Gasteiger partial charge in [-0.25, -0.2) is 4.98 Å². The maximum atomic E-state index is 8.96. The highest BCUT2D eigenvalue weighted by Crippen LogP contribution is 2.49. The molecule has 0 aliphatic heterocycles. The molecule has 3 unspecified atom stereocenters. The number of hydrogen-bond donors (Lipinski definition) is 0. The molecule has 1 aromatic carbocycles. The van der Waals surface area contributed by atoms with Crippen LogP contribution in [-0.2, 0) is 6.37 Å². The highest BCUT2D eigenvalue weighted by molar-refractivity contribution is 6.08. The summed E-state index contributed by atoms with van der Waals surface area (Å²) in [4.78, 5) is 9.12. The van der Waals surface area contributed by atoms with Crippen molar-refractivity contribution in [1.29, 1.82) is 0 Å². The fourth-order valence-corrected chi connectivity index (χ4v) is 5.28. The van der Waals surface area contributed by atoms with Gasteiger partial charge in [-0.3, -0.25) is 4.98 Å². The smallest absolute Gasteiger partial charge is 0.227 e. The summed E-state index contributed by atoms with van der Waals surface area (Å²) in [5.41, 5.74) is 4.67. The van der Waals surface area contributed by atoms with E-state index in [-0.39, 0.29) is 5.92 Å². The Bertz CT molecular complexity index is 1280. The van der Waals surface area contributed by atoms with Crippen molar-refractivity contribution < 1.29 is 7.16 Å². The van der Waals surface area contributed by atoms with Crippen molar-refractivity contribution in [2.75, 3.05) is 0 Å². The Kier molecular flexibility index (Phi) is 3.16. The summed E-state index contributed by atoms with van der Waals surface area (Å²) in [7, 11) is 0. The molecule has 0 N–H and O–H groups in total. The zero-order valence-corrected chi connectivity index (χ0v) is 16.0. The first-order valence-electron chi connectivity index (χ1n) is 11.3. The third-order valence-corrected chi connectivity index (χ3v) is 6.63. The number of aryl methyl sites for hydroxylation is 1. The van der Waals surface area contributed by atoms with Gasteiger partial charge in [-0.05, 0) is 86.2 Å². The number of aromatic nitrogens is 2. The summed E-state index contributed by atoms with van der Waals surface area (Å²) in [5.74, 6) is 1.35. The van der Waals surface area contributed by atoms with E-state index in [1.807, 2.05) is 49.4 Å². The van der Waals surface area contributed by atoms with Crippen LogP contribution in [0.3, 0.4) is 0 Å². The molecule has 0 amide bonds. The Morgan fingerprint density at radius 1 is 1.11 bits per heavy atom. The molecule has 0 radical (unpaired) electrons. The number of fused-ring (bicyclic) bond motifs is 5. The first kappa shape index (κ1) is 14.3. The van der Waals surface area contributed by atoms with Gasteiger partial charge in [0, 0.05) is 31.0 Å². The Hall–Kier alpha value is -2.68. The Labute approximate surface area is 167 Å². The summed E-state index contributed by atoms with van der Waals surface area (Å²) in [6, 6.07) is 13.9. The quantitative estimate of drug-likeness (QED) is 0.423. The molecule has 0 saturated heterocycles. The van der Waals surface area contributed by atoms with Gasteiger partial charge in [-0.2, -0.15) is 0 Å². The Balaban J connectivity index is 1.46. The molecule has 3 aromatic heterocycles. The van der Waals surface area contributed by atoms with Crippen LogP contribution in [0.4, 0.5) is 0 Å². The summed E-state index contributed by atoms with van der Waals surface area (Å²) < 4.78 is 24.1. The number of hydrogen-bond acceptors (Lipinski definition) is 3. The van der Waals surface area contributed by atoms with Gasteiger partial charge in [-0.15, -0.1) is 0 Å². The molecule has 2 bridgehead atoms. The summed E-state index contributed by atoms with van der Waals surface area (Å²) >= 11 is 0. The highest BCUT2D eigenvalue weighted by Gasteiger charge is 2.39. The predicted molar refractivity (Wildman–Crippen MR) is 112 cm³/mol. The topological polar surface area (TPSA) is 38.9 Å². The molecular weight excluding hydrogens is 344 g/mol. The van der Waals surface area contributed by atoms with E-state index in [9.17, 15) is 0 Å². The lowest BCUT2D eigenvalue weighted by Crippen LogP contribution is -2.13. The second-order valence-electron chi connectivity index (χ2n) is 8.45. The van der Waals surface area contributed by atoms with E-state index in [0.717, 1.165) is 51.2 Å². The lowest BCUT2D eigenvalue weighted by molar-refractivity contribution is 0.331. The van der Waals surface area contributed by atoms with Crippen LogP contribution in [-0.4, -0.2) is 9.97 Å². The predicted octanol–water partition coefficient (Wildman–Crippen LogP) is 6.33. The number of nitrogens with zero attached hydrogens (tertiary/aromatic N) is 2. The van der Waals surface area contributed by atoms with Gasteiger partial charge in [0.05, 0.1) is 5.69 Å². The molecular formula is C25H24N2O. The molecule has 2 aliphatic rings. The van der Waals surface area contributed by atoms with Crippen molar-refractivity contribution in [3.63, 3.8) is 0 Å². The zero-order valence-electron chi connectivity index (χ0n) is 18.0.